The third kappa shape index (κ3) is 2.04. The number of hydrogen-bond donors (Lipinski definition) is 0. The van der Waals surface area contributed by atoms with Gasteiger partial charge in [-0.15, -0.1) is 0 Å². The molecule has 0 bridgehead atoms. The van der Waals surface area contributed by atoms with Crippen molar-refractivity contribution in [3.63, 3.8) is 0 Å². The van der Waals surface area contributed by atoms with Gasteiger partial charge in [0.2, 0.25) is 0 Å². The zero-order valence-corrected chi connectivity index (χ0v) is 11.3. The van der Waals surface area contributed by atoms with E-state index < -0.39 is 8.32 Å². The largest absolute Gasteiger partial charge is 0.414 e. The summed E-state index contributed by atoms with van der Waals surface area (Å²) in [6.45, 7) is 8.91. The highest BCUT2D eigenvalue weighted by atomic mass is 28.4. The lowest BCUT2D eigenvalue weighted by molar-refractivity contribution is -0.124. The number of carbonyl (C=O) groups is 1. The van der Waals surface area contributed by atoms with E-state index in [-0.39, 0.29) is 17.4 Å². The number of rotatable bonds is 2. The monoisotopic (exact) mass is 226 g/mol. The molecule has 3 heteroatoms. The van der Waals surface area contributed by atoms with Crippen LogP contribution in [0.25, 0.3) is 0 Å². The molecule has 0 aliphatic heterocycles. The van der Waals surface area contributed by atoms with Crippen LogP contribution in [0.2, 0.25) is 19.6 Å². The standard InChI is InChI=1S/C12H22O2Si/c1-12-7-5-9(13)11(12)10(6-8-12)14-15(2,3)4/h10-11H,5-8H2,1-4H3/t10-,11-,12+/m1/s1. The summed E-state index contributed by atoms with van der Waals surface area (Å²) in [5.74, 6) is 0.669. The van der Waals surface area contributed by atoms with Crippen molar-refractivity contribution in [2.45, 2.75) is 58.4 Å². The van der Waals surface area contributed by atoms with Crippen LogP contribution in [0, 0.1) is 11.3 Å². The Bertz CT molecular complexity index is 282. The average Bonchev–Trinajstić information content (AvgIpc) is 2.51. The molecule has 0 saturated heterocycles. The van der Waals surface area contributed by atoms with Gasteiger partial charge < -0.3 is 4.43 Å². The van der Waals surface area contributed by atoms with Crippen LogP contribution in [0.4, 0.5) is 0 Å². The maximum absolute atomic E-state index is 11.9. The van der Waals surface area contributed by atoms with Crippen LogP contribution in [-0.4, -0.2) is 20.2 Å². The summed E-state index contributed by atoms with van der Waals surface area (Å²) in [6.07, 6.45) is 4.38. The number of carbonyl (C=O) groups excluding carboxylic acids is 1. The Hall–Kier alpha value is -0.153. The van der Waals surface area contributed by atoms with Gasteiger partial charge in [-0.05, 0) is 44.3 Å². The molecule has 0 unspecified atom stereocenters. The van der Waals surface area contributed by atoms with Crippen LogP contribution in [0.5, 0.6) is 0 Å². The van der Waals surface area contributed by atoms with Gasteiger partial charge in [0.15, 0.2) is 8.32 Å². The van der Waals surface area contributed by atoms with E-state index in [9.17, 15) is 4.79 Å². The normalized spacial score (nSPS) is 40.9. The first-order chi connectivity index (χ1) is 6.82. The van der Waals surface area contributed by atoms with Crippen molar-refractivity contribution in [1.82, 2.24) is 0 Å². The molecule has 2 aliphatic rings. The van der Waals surface area contributed by atoms with Crippen LogP contribution in [0.15, 0.2) is 0 Å². The van der Waals surface area contributed by atoms with E-state index in [2.05, 4.69) is 26.6 Å². The average molecular weight is 226 g/mol. The van der Waals surface area contributed by atoms with Gasteiger partial charge >= 0.3 is 0 Å². The van der Waals surface area contributed by atoms with Crippen LogP contribution in [0.1, 0.15) is 32.6 Å². The minimum Gasteiger partial charge on any atom is -0.414 e. The van der Waals surface area contributed by atoms with Crippen molar-refractivity contribution in [3.05, 3.63) is 0 Å². The molecule has 0 amide bonds. The van der Waals surface area contributed by atoms with Gasteiger partial charge in [0.05, 0.1) is 6.10 Å². The predicted molar refractivity (Wildman–Crippen MR) is 63.3 cm³/mol. The molecule has 2 fully saturated rings. The molecular weight excluding hydrogens is 204 g/mol. The number of hydrogen-bond acceptors (Lipinski definition) is 2. The first kappa shape index (κ1) is 11.3. The van der Waals surface area contributed by atoms with E-state index in [1.807, 2.05) is 0 Å². The maximum atomic E-state index is 11.9. The van der Waals surface area contributed by atoms with E-state index in [1.54, 1.807) is 0 Å². The molecule has 0 aromatic carbocycles. The Morgan fingerprint density at radius 1 is 1.33 bits per heavy atom. The molecule has 15 heavy (non-hydrogen) atoms. The van der Waals surface area contributed by atoms with Gasteiger partial charge in [0.25, 0.3) is 0 Å². The Kier molecular flexibility index (Phi) is 2.59. The van der Waals surface area contributed by atoms with Crippen LogP contribution >= 0.6 is 0 Å². The van der Waals surface area contributed by atoms with Crippen LogP contribution in [-0.2, 0) is 9.22 Å². The highest BCUT2D eigenvalue weighted by molar-refractivity contribution is 6.69. The summed E-state index contributed by atoms with van der Waals surface area (Å²) in [5, 5.41) is 0. The second kappa shape index (κ2) is 3.42. The van der Waals surface area contributed by atoms with Gasteiger partial charge in [-0.2, -0.15) is 0 Å². The van der Waals surface area contributed by atoms with E-state index in [0.29, 0.717) is 5.78 Å². The van der Waals surface area contributed by atoms with Gasteiger partial charge in [-0.1, -0.05) is 6.92 Å². The van der Waals surface area contributed by atoms with E-state index in [4.69, 9.17) is 4.43 Å². The molecule has 86 valence electrons. The summed E-state index contributed by atoms with van der Waals surface area (Å²) in [7, 11) is -1.50. The Balaban J connectivity index is 2.13. The second-order valence-corrected chi connectivity index (χ2v) is 10.9. The SMILES string of the molecule is C[C@@]12CCC(=O)[C@@H]1[C@H](O[Si](C)(C)C)CC2. The first-order valence-electron chi connectivity index (χ1n) is 6.02. The van der Waals surface area contributed by atoms with E-state index in [1.165, 1.54) is 6.42 Å². The molecule has 3 atom stereocenters. The van der Waals surface area contributed by atoms with Crippen molar-refractivity contribution >= 4 is 14.1 Å². The lowest BCUT2D eigenvalue weighted by atomic mass is 9.82. The molecule has 0 N–H and O–H groups in total. The first-order valence-corrected chi connectivity index (χ1v) is 9.43. The van der Waals surface area contributed by atoms with Crippen molar-refractivity contribution in [1.29, 1.82) is 0 Å². The highest BCUT2D eigenvalue weighted by Gasteiger charge is 2.53. The molecule has 0 aromatic heterocycles. The van der Waals surface area contributed by atoms with Gasteiger partial charge in [-0.3, -0.25) is 4.79 Å². The summed E-state index contributed by atoms with van der Waals surface area (Å²) >= 11 is 0. The Labute approximate surface area is 93.5 Å². The van der Waals surface area contributed by atoms with Gasteiger partial charge in [0.1, 0.15) is 5.78 Å². The molecule has 0 heterocycles. The quantitative estimate of drug-likeness (QED) is 0.677. The number of fused-ring (bicyclic) bond motifs is 1. The lowest BCUT2D eigenvalue weighted by Crippen LogP contribution is -2.37. The molecular formula is C12H22O2Si. The third-order valence-electron chi connectivity index (χ3n) is 3.92. The van der Waals surface area contributed by atoms with Crippen molar-refractivity contribution in [2.24, 2.45) is 11.3 Å². The smallest absolute Gasteiger partial charge is 0.184 e. The highest BCUT2D eigenvalue weighted by Crippen LogP contribution is 2.53. The molecule has 2 aliphatic carbocycles. The molecule has 2 nitrogen and oxygen atoms in total. The fraction of sp³-hybridized carbons (Fsp3) is 0.917. The minimum absolute atomic E-state index is 0.212. The van der Waals surface area contributed by atoms with Crippen molar-refractivity contribution in [3.8, 4) is 0 Å². The fourth-order valence-electron chi connectivity index (χ4n) is 3.26. The Morgan fingerprint density at radius 3 is 2.60 bits per heavy atom. The molecule has 2 rings (SSSR count). The van der Waals surface area contributed by atoms with Gasteiger partial charge in [0, 0.05) is 12.3 Å². The van der Waals surface area contributed by atoms with Crippen molar-refractivity contribution in [2.75, 3.05) is 0 Å². The second-order valence-electron chi connectivity index (χ2n) is 6.41. The summed E-state index contributed by atoms with van der Waals surface area (Å²) in [4.78, 5) is 11.9. The zero-order chi connectivity index (χ0) is 11.3. The predicted octanol–water partition coefficient (Wildman–Crippen LogP) is 2.99. The topological polar surface area (TPSA) is 26.3 Å². The fourth-order valence-corrected chi connectivity index (χ4v) is 4.43. The summed E-state index contributed by atoms with van der Waals surface area (Å²) in [5.41, 5.74) is 0.265. The lowest BCUT2D eigenvalue weighted by Gasteiger charge is -2.29. The molecule has 2 saturated carbocycles. The molecule has 0 radical (unpaired) electrons. The minimum atomic E-state index is -1.50. The third-order valence-corrected chi connectivity index (χ3v) is 4.93. The number of ketones is 1. The van der Waals surface area contributed by atoms with Crippen molar-refractivity contribution < 1.29 is 9.22 Å². The number of Topliss-reactive ketones (excluding diaryl/α,β-unsaturated/α-hetero) is 1. The summed E-state index contributed by atoms with van der Waals surface area (Å²) in [6, 6.07) is 0. The summed E-state index contributed by atoms with van der Waals surface area (Å²) < 4.78 is 6.17. The Morgan fingerprint density at radius 2 is 2.00 bits per heavy atom. The van der Waals surface area contributed by atoms with Crippen LogP contribution < -0.4 is 0 Å². The van der Waals surface area contributed by atoms with E-state index >= 15 is 0 Å². The molecule has 0 aromatic rings. The van der Waals surface area contributed by atoms with Gasteiger partial charge in [-0.25, -0.2) is 0 Å². The van der Waals surface area contributed by atoms with Crippen LogP contribution in [0.3, 0.4) is 0 Å². The van der Waals surface area contributed by atoms with E-state index in [0.717, 1.165) is 19.3 Å². The molecule has 0 spiro atoms. The zero-order valence-electron chi connectivity index (χ0n) is 10.3. The maximum Gasteiger partial charge on any atom is 0.184 e.